The zero-order valence-electron chi connectivity index (χ0n) is 19.9. The van der Waals surface area contributed by atoms with Crippen molar-refractivity contribution in [1.29, 1.82) is 0 Å². The van der Waals surface area contributed by atoms with E-state index in [1.807, 2.05) is 6.08 Å². The second-order valence-corrected chi connectivity index (χ2v) is 11.5. The van der Waals surface area contributed by atoms with Crippen LogP contribution in [0.4, 0.5) is 4.79 Å². The third kappa shape index (κ3) is 8.69. The van der Waals surface area contributed by atoms with Crippen LogP contribution in [0.2, 0.25) is 0 Å². The molecule has 1 aliphatic rings. The maximum Gasteiger partial charge on any atom is 0.407 e. The Bertz CT molecular complexity index is 967. The number of hydrogen-bond acceptors (Lipinski definition) is 8. The van der Waals surface area contributed by atoms with Crippen molar-refractivity contribution in [2.75, 3.05) is 37.8 Å². The van der Waals surface area contributed by atoms with Crippen LogP contribution in [-0.2, 0) is 24.3 Å². The predicted octanol–water partition coefficient (Wildman–Crippen LogP) is 2.92. The predicted molar refractivity (Wildman–Crippen MR) is 134 cm³/mol. The van der Waals surface area contributed by atoms with E-state index >= 15 is 0 Å². The lowest BCUT2D eigenvalue weighted by molar-refractivity contribution is -0.146. The molecule has 0 saturated carbocycles. The highest BCUT2D eigenvalue weighted by atomic mass is 127. The van der Waals surface area contributed by atoms with Crippen LogP contribution in [-0.4, -0.2) is 73.1 Å². The number of pyridine rings is 1. The smallest absolute Gasteiger partial charge is 0.407 e. The van der Waals surface area contributed by atoms with E-state index in [-0.39, 0.29) is 48.9 Å². The number of esters is 1. The molecule has 1 aromatic rings. The van der Waals surface area contributed by atoms with Crippen molar-refractivity contribution in [2.45, 2.75) is 44.1 Å². The molecular formula is C22H32IN3O7S. The van der Waals surface area contributed by atoms with Crippen LogP contribution in [0.25, 0.3) is 0 Å². The minimum absolute atomic E-state index is 0.0611. The van der Waals surface area contributed by atoms with Gasteiger partial charge in [-0.3, -0.25) is 4.79 Å². The molecule has 10 nitrogen and oxygen atoms in total. The summed E-state index contributed by atoms with van der Waals surface area (Å²) in [6, 6.07) is 2.95. The van der Waals surface area contributed by atoms with Gasteiger partial charge in [0.15, 0.2) is 0 Å². The number of alkyl halides is 1. The van der Waals surface area contributed by atoms with Crippen molar-refractivity contribution in [3.63, 3.8) is 0 Å². The quantitative estimate of drug-likeness (QED) is 0.196. The molecular weight excluding hydrogens is 577 g/mol. The second-order valence-electron chi connectivity index (χ2n) is 8.69. The van der Waals surface area contributed by atoms with E-state index in [4.69, 9.17) is 14.2 Å². The number of nitrogens with one attached hydrogen (secondary N) is 1. The van der Waals surface area contributed by atoms with Gasteiger partial charge >= 0.3 is 12.1 Å². The number of carbonyl (C=O) groups is 2. The van der Waals surface area contributed by atoms with Crippen molar-refractivity contribution in [1.82, 2.24) is 14.6 Å². The summed E-state index contributed by atoms with van der Waals surface area (Å²) in [7, 11) is -2.39. The van der Waals surface area contributed by atoms with E-state index in [1.54, 1.807) is 20.8 Å². The van der Waals surface area contributed by atoms with Crippen LogP contribution < -0.4 is 10.1 Å². The number of carbonyl (C=O) groups excluding carboxylic acids is 2. The Balaban J connectivity index is 1.92. The molecule has 1 amide bonds. The largest absolute Gasteiger partial charge is 0.473 e. The highest BCUT2D eigenvalue weighted by Gasteiger charge is 2.32. The molecule has 0 spiro atoms. The number of alkyl carbamates (subject to hydrolysis) is 1. The Morgan fingerprint density at radius 2 is 1.94 bits per heavy atom. The van der Waals surface area contributed by atoms with Crippen LogP contribution in [0.5, 0.6) is 5.88 Å². The van der Waals surface area contributed by atoms with Gasteiger partial charge in [0, 0.05) is 30.1 Å². The van der Waals surface area contributed by atoms with Crippen molar-refractivity contribution < 1.29 is 32.2 Å². The Kier molecular flexibility index (Phi) is 10.6. The number of rotatable bonds is 9. The molecule has 0 bridgehead atoms. The number of nitrogens with zero attached hydrogens (tertiary/aromatic N) is 2. The second kappa shape index (κ2) is 12.7. The average Bonchev–Trinajstić information content (AvgIpc) is 2.79. The fourth-order valence-electron chi connectivity index (χ4n) is 3.21. The molecule has 0 aliphatic carbocycles. The summed E-state index contributed by atoms with van der Waals surface area (Å²) in [5.41, 5.74) is 0.240. The van der Waals surface area contributed by atoms with E-state index in [1.165, 1.54) is 29.7 Å². The molecule has 34 heavy (non-hydrogen) atoms. The zero-order valence-corrected chi connectivity index (χ0v) is 22.8. The average molecular weight is 609 g/mol. The highest BCUT2D eigenvalue weighted by Crippen LogP contribution is 2.25. The van der Waals surface area contributed by atoms with Crippen LogP contribution in [0.1, 0.15) is 33.6 Å². The summed E-state index contributed by atoms with van der Waals surface area (Å²) < 4.78 is 43.6. The molecule has 1 fully saturated rings. The molecule has 0 unspecified atom stereocenters. The number of aromatic nitrogens is 1. The van der Waals surface area contributed by atoms with Crippen molar-refractivity contribution in [3.05, 3.63) is 30.0 Å². The fraction of sp³-hybridized carbons (Fsp3) is 0.591. The number of piperidine rings is 1. The van der Waals surface area contributed by atoms with Gasteiger partial charge in [0.25, 0.3) is 0 Å². The molecule has 2 heterocycles. The molecule has 1 saturated heterocycles. The van der Waals surface area contributed by atoms with E-state index in [9.17, 15) is 18.0 Å². The number of ether oxygens (including phenoxy) is 3. The molecule has 1 aliphatic heterocycles. The summed E-state index contributed by atoms with van der Waals surface area (Å²) in [4.78, 5) is 27.7. The first-order chi connectivity index (χ1) is 16.0. The summed E-state index contributed by atoms with van der Waals surface area (Å²) in [6.45, 7) is 6.29. The van der Waals surface area contributed by atoms with E-state index < -0.39 is 21.7 Å². The fourth-order valence-corrected chi connectivity index (χ4v) is 5.25. The highest BCUT2D eigenvalue weighted by molar-refractivity contribution is 14.1. The lowest BCUT2D eigenvalue weighted by atomic mass is 9.99. The van der Waals surface area contributed by atoms with Crippen molar-refractivity contribution >= 4 is 44.7 Å². The maximum atomic E-state index is 12.9. The topological polar surface area (TPSA) is 124 Å². The standard InChI is InChI=1S/C22H32IN3O7S/c1-22(2,3)33-21(28)25-13-16(7-10-23)15-32-19-6-5-18(14-24-19)34(29,30)26-11-8-17(9-12-26)20(27)31-4/h5-7,14,17H,8-13,15H2,1-4H3,(H,25,28)/b16-7+. The molecule has 2 rings (SSSR count). The van der Waals surface area contributed by atoms with E-state index in [0.717, 1.165) is 10.0 Å². The van der Waals surface area contributed by atoms with Gasteiger partial charge in [0.05, 0.1) is 19.2 Å². The van der Waals surface area contributed by atoms with Gasteiger partial charge in [0.1, 0.15) is 17.1 Å². The molecule has 1 N–H and O–H groups in total. The summed E-state index contributed by atoms with van der Waals surface area (Å²) in [5.74, 6) is -0.322. The normalized spacial score (nSPS) is 16.1. The van der Waals surface area contributed by atoms with Gasteiger partial charge in [-0.1, -0.05) is 28.7 Å². The van der Waals surface area contributed by atoms with Gasteiger partial charge in [-0.15, -0.1) is 0 Å². The molecule has 0 radical (unpaired) electrons. The first-order valence-electron chi connectivity index (χ1n) is 10.8. The lowest BCUT2D eigenvalue weighted by Gasteiger charge is -2.29. The number of amides is 1. The number of methoxy groups -OCH3 is 1. The molecule has 1 aromatic heterocycles. The SMILES string of the molecule is COC(=O)C1CCN(S(=O)(=O)c2ccc(OC/C(=C/CI)CNC(=O)OC(C)(C)C)nc2)CC1. The Hall–Kier alpha value is -1.93. The lowest BCUT2D eigenvalue weighted by Crippen LogP contribution is -2.40. The number of halogens is 1. The first-order valence-corrected chi connectivity index (χ1v) is 13.8. The van der Waals surface area contributed by atoms with Gasteiger partial charge in [-0.25, -0.2) is 18.2 Å². The van der Waals surface area contributed by atoms with Crippen LogP contribution in [0.15, 0.2) is 34.9 Å². The van der Waals surface area contributed by atoms with Gasteiger partial charge in [0.2, 0.25) is 15.9 Å². The molecule has 0 aromatic carbocycles. The summed E-state index contributed by atoms with van der Waals surface area (Å²) in [6.07, 6.45) is 3.51. The Labute approximate surface area is 214 Å². The Morgan fingerprint density at radius 3 is 2.47 bits per heavy atom. The molecule has 12 heteroatoms. The number of sulfonamides is 1. The van der Waals surface area contributed by atoms with Gasteiger partial charge in [-0.05, 0) is 45.3 Å². The first kappa shape index (κ1) is 28.3. The number of allylic oxidation sites excluding steroid dienone is 1. The van der Waals surface area contributed by atoms with Gasteiger partial charge in [-0.2, -0.15) is 4.31 Å². The van der Waals surface area contributed by atoms with E-state index in [0.29, 0.717) is 12.8 Å². The van der Waals surface area contributed by atoms with Gasteiger partial charge < -0.3 is 19.5 Å². The molecule has 0 atom stereocenters. The summed E-state index contributed by atoms with van der Waals surface area (Å²) >= 11 is 2.19. The minimum atomic E-state index is -3.72. The Morgan fingerprint density at radius 1 is 1.26 bits per heavy atom. The number of hydrogen-bond donors (Lipinski definition) is 1. The maximum absolute atomic E-state index is 12.9. The van der Waals surface area contributed by atoms with Crippen LogP contribution in [0.3, 0.4) is 0 Å². The molecule has 190 valence electrons. The third-order valence-electron chi connectivity index (χ3n) is 4.97. The minimum Gasteiger partial charge on any atom is -0.473 e. The zero-order chi connectivity index (χ0) is 25.4. The monoisotopic (exact) mass is 609 g/mol. The van der Waals surface area contributed by atoms with Crippen LogP contribution in [0, 0.1) is 5.92 Å². The van der Waals surface area contributed by atoms with Crippen molar-refractivity contribution in [3.8, 4) is 5.88 Å². The van der Waals surface area contributed by atoms with Crippen molar-refractivity contribution in [2.24, 2.45) is 5.92 Å². The third-order valence-corrected chi connectivity index (χ3v) is 7.29. The van der Waals surface area contributed by atoms with Crippen LogP contribution >= 0.6 is 22.6 Å². The summed E-state index contributed by atoms with van der Waals surface area (Å²) in [5, 5.41) is 2.69. The van der Waals surface area contributed by atoms with E-state index in [2.05, 4.69) is 32.9 Å².